The van der Waals surface area contributed by atoms with Gasteiger partial charge in [-0.15, -0.1) is 0 Å². The predicted molar refractivity (Wildman–Crippen MR) is 133 cm³/mol. The lowest BCUT2D eigenvalue weighted by atomic mass is 10.0. The number of sulfone groups is 1. The number of carbonyl (C=O) groups excluding carboxylic acids is 1. The molecule has 0 aliphatic carbocycles. The Morgan fingerprint density at radius 3 is 2.34 bits per heavy atom. The molecule has 4 rings (SSSR count). The molecule has 0 bridgehead atoms. The highest BCUT2D eigenvalue weighted by molar-refractivity contribution is 7.90. The van der Waals surface area contributed by atoms with Crippen molar-refractivity contribution in [2.75, 3.05) is 11.6 Å². The van der Waals surface area contributed by atoms with Gasteiger partial charge in [0.1, 0.15) is 11.8 Å². The Hall–Kier alpha value is -4.47. The van der Waals surface area contributed by atoms with Crippen LogP contribution in [0, 0.1) is 6.57 Å². The zero-order chi connectivity index (χ0) is 27.7. The fourth-order valence-corrected chi connectivity index (χ4v) is 4.27. The van der Waals surface area contributed by atoms with Crippen LogP contribution in [0.1, 0.15) is 33.4 Å². The zero-order valence-electron chi connectivity index (χ0n) is 19.6. The number of hydrogen-bond acceptors (Lipinski definition) is 5. The molecule has 4 aromatic rings. The smallest absolute Gasteiger partial charge is 0.384 e. The fourth-order valence-electron chi connectivity index (χ4n) is 3.64. The monoisotopic (exact) mass is 540 g/mol. The minimum atomic E-state index is -4.81. The molecule has 1 aromatic heterocycles. The number of halogens is 3. The topological polar surface area (TPSA) is 106 Å². The number of anilines is 1. The standard InChI is InChI=1S/C26H19F3N4O4S/c1-30-18-6-4-8-20(14-18)33-22(15-23(32-33)26(27,28)29)25(35)31-19-7-3-5-17(13-19)24(34)16-9-11-21(12-10-16)38(2,36)37/h3-15,24,34H,2H3,(H,31,35). The van der Waals surface area contributed by atoms with Gasteiger partial charge in [-0.2, -0.15) is 18.3 Å². The van der Waals surface area contributed by atoms with Gasteiger partial charge in [0.05, 0.1) is 17.2 Å². The molecule has 0 spiro atoms. The second kappa shape index (κ2) is 10.1. The maximum atomic E-state index is 13.4. The molecular formula is C26H19F3N4O4S. The van der Waals surface area contributed by atoms with Crippen molar-refractivity contribution in [2.24, 2.45) is 0 Å². The maximum absolute atomic E-state index is 13.4. The highest BCUT2D eigenvalue weighted by Crippen LogP contribution is 2.31. The molecule has 38 heavy (non-hydrogen) atoms. The molecule has 0 fully saturated rings. The number of aliphatic hydroxyl groups is 1. The third kappa shape index (κ3) is 5.74. The highest BCUT2D eigenvalue weighted by Gasteiger charge is 2.36. The summed E-state index contributed by atoms with van der Waals surface area (Å²) in [4.78, 5) is 16.4. The van der Waals surface area contributed by atoms with Gasteiger partial charge in [0.25, 0.3) is 5.91 Å². The average molecular weight is 541 g/mol. The van der Waals surface area contributed by atoms with E-state index >= 15 is 0 Å². The van der Waals surface area contributed by atoms with Gasteiger partial charge in [0.15, 0.2) is 21.2 Å². The second-order valence-electron chi connectivity index (χ2n) is 8.28. The molecule has 0 saturated carbocycles. The van der Waals surface area contributed by atoms with Crippen LogP contribution in [-0.4, -0.2) is 35.5 Å². The molecule has 12 heteroatoms. The number of alkyl halides is 3. The first-order chi connectivity index (χ1) is 17.9. The van der Waals surface area contributed by atoms with Gasteiger partial charge in [-0.1, -0.05) is 36.4 Å². The molecule has 1 atom stereocenters. The minimum Gasteiger partial charge on any atom is -0.384 e. The minimum absolute atomic E-state index is 0.0891. The molecule has 1 heterocycles. The molecule has 1 amide bonds. The molecule has 0 radical (unpaired) electrons. The van der Waals surface area contributed by atoms with E-state index in [1.54, 1.807) is 6.07 Å². The molecule has 0 aliphatic heterocycles. The number of hydrogen-bond donors (Lipinski definition) is 2. The Bertz CT molecular complexity index is 1660. The summed E-state index contributed by atoms with van der Waals surface area (Å²) >= 11 is 0. The lowest BCUT2D eigenvalue weighted by Crippen LogP contribution is -2.17. The van der Waals surface area contributed by atoms with Gasteiger partial charge in [-0.05, 0) is 47.5 Å². The fraction of sp³-hybridized carbons (Fsp3) is 0.115. The lowest BCUT2D eigenvalue weighted by molar-refractivity contribution is -0.141. The normalized spacial score (nSPS) is 12.5. The Morgan fingerprint density at radius 2 is 1.71 bits per heavy atom. The van der Waals surface area contributed by atoms with Crippen LogP contribution in [0.4, 0.5) is 24.5 Å². The first kappa shape index (κ1) is 26.6. The van der Waals surface area contributed by atoms with E-state index < -0.39 is 39.4 Å². The van der Waals surface area contributed by atoms with E-state index in [0.717, 1.165) is 10.9 Å². The summed E-state index contributed by atoms with van der Waals surface area (Å²) in [6, 6.07) is 18.0. The Kier molecular flexibility index (Phi) is 7.08. The van der Waals surface area contributed by atoms with Crippen molar-refractivity contribution in [2.45, 2.75) is 17.2 Å². The van der Waals surface area contributed by atoms with Crippen LogP contribution in [0.15, 0.2) is 83.8 Å². The predicted octanol–water partition coefficient (Wildman–Crippen LogP) is 5.18. The third-order valence-electron chi connectivity index (χ3n) is 5.52. The average Bonchev–Trinajstić information content (AvgIpc) is 3.35. The van der Waals surface area contributed by atoms with Gasteiger partial charge in [0, 0.05) is 18.0 Å². The summed E-state index contributed by atoms with van der Waals surface area (Å²) < 4.78 is 64.4. The first-order valence-corrected chi connectivity index (χ1v) is 12.8. The summed E-state index contributed by atoms with van der Waals surface area (Å²) in [6.45, 7) is 7.14. The number of carbonyl (C=O) groups is 1. The van der Waals surface area contributed by atoms with Gasteiger partial charge in [-0.25, -0.2) is 17.9 Å². The van der Waals surface area contributed by atoms with Crippen molar-refractivity contribution in [3.63, 3.8) is 0 Å². The Morgan fingerprint density at radius 1 is 1.03 bits per heavy atom. The van der Waals surface area contributed by atoms with Gasteiger partial charge in [-0.3, -0.25) is 4.79 Å². The van der Waals surface area contributed by atoms with E-state index in [-0.39, 0.29) is 22.0 Å². The third-order valence-corrected chi connectivity index (χ3v) is 6.65. The second-order valence-corrected chi connectivity index (χ2v) is 10.3. The number of aliphatic hydroxyl groups excluding tert-OH is 1. The van der Waals surface area contributed by atoms with Crippen LogP contribution < -0.4 is 5.32 Å². The molecule has 2 N–H and O–H groups in total. The van der Waals surface area contributed by atoms with E-state index in [0.29, 0.717) is 17.2 Å². The van der Waals surface area contributed by atoms with Gasteiger partial charge >= 0.3 is 6.18 Å². The molecule has 1 unspecified atom stereocenters. The molecule has 3 aromatic carbocycles. The van der Waals surface area contributed by atoms with Crippen molar-refractivity contribution in [3.05, 3.63) is 113 Å². The maximum Gasteiger partial charge on any atom is 0.435 e. The number of benzene rings is 3. The molecular weight excluding hydrogens is 521 g/mol. The SMILES string of the molecule is [C-]#[N+]c1cccc(-n2nc(C(F)(F)F)cc2C(=O)Nc2cccc(C(O)c3ccc(S(C)(=O)=O)cc3)c2)c1. The zero-order valence-corrected chi connectivity index (χ0v) is 20.5. The van der Waals surface area contributed by atoms with E-state index in [1.807, 2.05) is 0 Å². The van der Waals surface area contributed by atoms with Crippen molar-refractivity contribution < 1.29 is 31.5 Å². The van der Waals surface area contributed by atoms with Crippen LogP contribution in [0.3, 0.4) is 0 Å². The van der Waals surface area contributed by atoms with Crippen LogP contribution in [0.25, 0.3) is 10.5 Å². The number of rotatable bonds is 6. The molecule has 0 aliphatic rings. The van der Waals surface area contributed by atoms with Crippen molar-refractivity contribution in [1.82, 2.24) is 9.78 Å². The number of amides is 1. The van der Waals surface area contributed by atoms with Gasteiger partial charge in [0.2, 0.25) is 0 Å². The summed E-state index contributed by atoms with van der Waals surface area (Å²) in [5.41, 5.74) is -0.502. The van der Waals surface area contributed by atoms with Crippen molar-refractivity contribution >= 4 is 27.1 Å². The van der Waals surface area contributed by atoms with Crippen molar-refractivity contribution in [1.29, 1.82) is 0 Å². The largest absolute Gasteiger partial charge is 0.435 e. The summed E-state index contributed by atoms with van der Waals surface area (Å²) in [7, 11) is -3.41. The van der Waals surface area contributed by atoms with Gasteiger partial charge < -0.3 is 10.4 Å². The number of nitrogens with zero attached hydrogens (tertiary/aromatic N) is 3. The highest BCUT2D eigenvalue weighted by atomic mass is 32.2. The summed E-state index contributed by atoms with van der Waals surface area (Å²) in [5, 5.41) is 16.8. The number of aromatic nitrogens is 2. The van der Waals surface area contributed by atoms with Crippen LogP contribution in [0.2, 0.25) is 0 Å². The number of nitrogens with one attached hydrogen (secondary N) is 1. The van der Waals surface area contributed by atoms with E-state index in [9.17, 15) is 31.5 Å². The lowest BCUT2D eigenvalue weighted by Gasteiger charge is -2.14. The Balaban J connectivity index is 1.64. The van der Waals surface area contributed by atoms with E-state index in [2.05, 4.69) is 15.3 Å². The molecule has 0 saturated heterocycles. The van der Waals surface area contributed by atoms with Crippen molar-refractivity contribution in [3.8, 4) is 5.69 Å². The van der Waals surface area contributed by atoms with Crippen LogP contribution in [-0.2, 0) is 16.0 Å². The summed E-state index contributed by atoms with van der Waals surface area (Å²) in [5.74, 6) is -0.898. The molecule has 8 nitrogen and oxygen atoms in total. The molecule has 194 valence electrons. The Labute approximate surface area is 215 Å². The van der Waals surface area contributed by atoms with Crippen LogP contribution in [0.5, 0.6) is 0 Å². The first-order valence-electron chi connectivity index (χ1n) is 10.9. The van der Waals surface area contributed by atoms with E-state index in [1.165, 1.54) is 66.7 Å². The van der Waals surface area contributed by atoms with Crippen LogP contribution >= 0.6 is 0 Å². The quantitative estimate of drug-likeness (QED) is 0.328. The van der Waals surface area contributed by atoms with E-state index in [4.69, 9.17) is 6.57 Å². The summed E-state index contributed by atoms with van der Waals surface area (Å²) in [6.07, 6.45) is -4.91.